The number of carbonyl (C=O) groups is 2. The Morgan fingerprint density at radius 1 is 1.12 bits per heavy atom. The van der Waals surface area contributed by atoms with Crippen molar-refractivity contribution in [3.63, 3.8) is 0 Å². The maximum Gasteiger partial charge on any atom is 0.251 e. The number of benzene rings is 2. The first-order valence-corrected chi connectivity index (χ1v) is 8.22. The topological polar surface area (TPSA) is 78.4 Å². The summed E-state index contributed by atoms with van der Waals surface area (Å²) in [5, 5.41) is 15.8. The van der Waals surface area contributed by atoms with Crippen molar-refractivity contribution in [1.82, 2.24) is 5.32 Å². The van der Waals surface area contributed by atoms with Gasteiger partial charge >= 0.3 is 0 Å². The molecule has 2 rings (SSSR count). The van der Waals surface area contributed by atoms with Crippen LogP contribution in [0.15, 0.2) is 42.5 Å². The van der Waals surface area contributed by atoms with E-state index in [-0.39, 0.29) is 29.5 Å². The summed E-state index contributed by atoms with van der Waals surface area (Å²) in [4.78, 5) is 24.4. The molecule has 0 atom stereocenters. The molecule has 0 radical (unpaired) electrons. The number of hydrogen-bond donors (Lipinski definition) is 3. The molecule has 5 nitrogen and oxygen atoms in total. The molecule has 2 amide bonds. The zero-order valence-corrected chi connectivity index (χ0v) is 15.1. The van der Waals surface area contributed by atoms with Crippen molar-refractivity contribution >= 4 is 29.1 Å². The van der Waals surface area contributed by atoms with E-state index < -0.39 is 0 Å². The summed E-state index contributed by atoms with van der Waals surface area (Å²) in [5.74, 6) is -0.514. The van der Waals surface area contributed by atoms with Gasteiger partial charge in [0, 0.05) is 27.4 Å². The van der Waals surface area contributed by atoms with Gasteiger partial charge in [-0.25, -0.2) is 0 Å². The van der Waals surface area contributed by atoms with Gasteiger partial charge in [0.25, 0.3) is 5.91 Å². The third-order valence-electron chi connectivity index (χ3n) is 3.29. The minimum Gasteiger partial charge on any atom is -0.508 e. The number of nitrogens with one attached hydrogen (secondary N) is 2. The number of anilines is 1. The van der Waals surface area contributed by atoms with E-state index in [2.05, 4.69) is 10.6 Å². The molecule has 0 unspecified atom stereocenters. The zero-order valence-electron chi connectivity index (χ0n) is 14.4. The number of amides is 2. The highest BCUT2D eigenvalue weighted by molar-refractivity contribution is 6.30. The molecule has 3 N–H and O–H groups in total. The van der Waals surface area contributed by atoms with Crippen LogP contribution in [0.4, 0.5) is 5.69 Å². The Hall–Kier alpha value is -2.53. The Kier molecular flexibility index (Phi) is 5.69. The average molecular weight is 361 g/mol. The Bertz CT molecular complexity index is 797. The fourth-order valence-electron chi connectivity index (χ4n) is 2.22. The van der Waals surface area contributed by atoms with Crippen LogP contribution < -0.4 is 10.6 Å². The lowest BCUT2D eigenvalue weighted by Crippen LogP contribution is -2.40. The number of hydrogen-bond acceptors (Lipinski definition) is 3. The summed E-state index contributed by atoms with van der Waals surface area (Å²) in [6, 6.07) is 11.2. The highest BCUT2D eigenvalue weighted by Crippen LogP contribution is 2.22. The van der Waals surface area contributed by atoms with Crippen LogP contribution in [0.25, 0.3) is 0 Å². The molecule has 0 aliphatic heterocycles. The third kappa shape index (κ3) is 5.80. The van der Waals surface area contributed by atoms with Crippen LogP contribution in [-0.2, 0) is 11.2 Å². The average Bonchev–Trinajstić information content (AvgIpc) is 2.49. The van der Waals surface area contributed by atoms with Crippen molar-refractivity contribution in [3.8, 4) is 5.75 Å². The molecular formula is C19H21ClN2O3. The highest BCUT2D eigenvalue weighted by Gasteiger charge is 2.16. The maximum absolute atomic E-state index is 12.2. The van der Waals surface area contributed by atoms with Crippen LogP contribution >= 0.6 is 11.6 Å². The number of rotatable bonds is 4. The first-order chi connectivity index (χ1) is 11.6. The summed E-state index contributed by atoms with van der Waals surface area (Å²) in [6.45, 7) is 5.69. The second-order valence-corrected chi connectivity index (χ2v) is 7.22. The number of halogens is 1. The SMILES string of the molecule is CC(C)(C)NC(=O)c1cccc(NC(=O)Cc2cc(Cl)ccc2O)c1. The molecule has 132 valence electrons. The minimum atomic E-state index is -0.347. The largest absolute Gasteiger partial charge is 0.508 e. The van der Waals surface area contributed by atoms with Gasteiger partial charge in [-0.3, -0.25) is 9.59 Å². The molecule has 0 saturated heterocycles. The van der Waals surface area contributed by atoms with Crippen LogP contribution in [0.5, 0.6) is 5.75 Å². The molecule has 0 heterocycles. The van der Waals surface area contributed by atoms with Gasteiger partial charge in [-0.15, -0.1) is 0 Å². The van der Waals surface area contributed by atoms with Gasteiger partial charge in [0.15, 0.2) is 0 Å². The molecule has 0 bridgehead atoms. The van der Waals surface area contributed by atoms with Crippen molar-refractivity contribution in [2.75, 3.05) is 5.32 Å². The summed E-state index contributed by atoms with van der Waals surface area (Å²) < 4.78 is 0. The molecule has 2 aromatic carbocycles. The van der Waals surface area contributed by atoms with E-state index in [4.69, 9.17) is 11.6 Å². The van der Waals surface area contributed by atoms with Gasteiger partial charge in [0.1, 0.15) is 5.75 Å². The molecule has 0 aliphatic carbocycles. The van der Waals surface area contributed by atoms with Crippen LogP contribution in [-0.4, -0.2) is 22.5 Å². The molecule has 0 spiro atoms. The lowest BCUT2D eigenvalue weighted by atomic mass is 10.1. The number of aromatic hydroxyl groups is 1. The second kappa shape index (κ2) is 7.57. The number of phenols is 1. The second-order valence-electron chi connectivity index (χ2n) is 6.78. The van der Waals surface area contributed by atoms with Gasteiger partial charge in [-0.2, -0.15) is 0 Å². The Morgan fingerprint density at radius 3 is 2.52 bits per heavy atom. The molecular weight excluding hydrogens is 340 g/mol. The smallest absolute Gasteiger partial charge is 0.251 e. The summed E-state index contributed by atoms with van der Waals surface area (Å²) in [6.07, 6.45) is -0.0230. The first-order valence-electron chi connectivity index (χ1n) is 7.84. The van der Waals surface area contributed by atoms with E-state index in [1.807, 2.05) is 20.8 Å². The molecule has 0 saturated carbocycles. The lowest BCUT2D eigenvalue weighted by molar-refractivity contribution is -0.115. The van der Waals surface area contributed by atoms with Gasteiger partial charge in [0.05, 0.1) is 6.42 Å². The molecule has 0 aromatic heterocycles. The summed E-state index contributed by atoms with van der Waals surface area (Å²) in [5.41, 5.74) is 1.05. The van der Waals surface area contributed by atoms with Crippen LogP contribution in [0, 0.1) is 0 Å². The van der Waals surface area contributed by atoms with E-state index in [1.165, 1.54) is 6.07 Å². The van der Waals surface area contributed by atoms with Crippen molar-refractivity contribution in [2.24, 2.45) is 0 Å². The van der Waals surface area contributed by atoms with E-state index in [9.17, 15) is 14.7 Å². The lowest BCUT2D eigenvalue weighted by Gasteiger charge is -2.20. The first kappa shape index (κ1) is 18.8. The fraction of sp³-hybridized carbons (Fsp3) is 0.263. The van der Waals surface area contributed by atoms with Crippen molar-refractivity contribution < 1.29 is 14.7 Å². The minimum absolute atomic E-state index is 0.0119. The summed E-state index contributed by atoms with van der Waals surface area (Å²) >= 11 is 5.88. The number of carbonyl (C=O) groups excluding carboxylic acids is 2. The predicted molar refractivity (Wildman–Crippen MR) is 99.1 cm³/mol. The third-order valence-corrected chi connectivity index (χ3v) is 3.52. The normalized spacial score (nSPS) is 11.0. The predicted octanol–water partition coefficient (Wildman–Crippen LogP) is 3.76. The van der Waals surface area contributed by atoms with Crippen molar-refractivity contribution in [3.05, 3.63) is 58.6 Å². The van der Waals surface area contributed by atoms with E-state index in [0.717, 1.165) is 0 Å². The van der Waals surface area contributed by atoms with Gasteiger partial charge < -0.3 is 15.7 Å². The molecule has 0 aliphatic rings. The monoisotopic (exact) mass is 360 g/mol. The fourth-order valence-corrected chi connectivity index (χ4v) is 2.42. The van der Waals surface area contributed by atoms with Gasteiger partial charge in [-0.05, 0) is 57.2 Å². The standard InChI is InChI=1S/C19H21ClN2O3/c1-19(2,3)22-18(25)12-5-4-6-15(10-12)21-17(24)11-13-9-14(20)7-8-16(13)23/h4-10,23H,11H2,1-3H3,(H,21,24)(H,22,25). The van der Waals surface area contributed by atoms with E-state index >= 15 is 0 Å². The number of phenolic OH excluding ortho intramolecular Hbond substituents is 1. The maximum atomic E-state index is 12.2. The van der Waals surface area contributed by atoms with Gasteiger partial charge in [-0.1, -0.05) is 17.7 Å². The van der Waals surface area contributed by atoms with E-state index in [0.29, 0.717) is 21.8 Å². The summed E-state index contributed by atoms with van der Waals surface area (Å²) in [7, 11) is 0. The van der Waals surface area contributed by atoms with Crippen molar-refractivity contribution in [1.29, 1.82) is 0 Å². The Balaban J connectivity index is 2.07. The molecule has 2 aromatic rings. The Labute approximate surface area is 152 Å². The van der Waals surface area contributed by atoms with Crippen molar-refractivity contribution in [2.45, 2.75) is 32.7 Å². The molecule has 0 fully saturated rings. The van der Waals surface area contributed by atoms with Crippen LogP contribution in [0.2, 0.25) is 5.02 Å². The van der Waals surface area contributed by atoms with Crippen LogP contribution in [0.1, 0.15) is 36.7 Å². The van der Waals surface area contributed by atoms with Gasteiger partial charge in [0.2, 0.25) is 5.91 Å². The quantitative estimate of drug-likeness (QED) is 0.776. The van der Waals surface area contributed by atoms with Crippen LogP contribution in [0.3, 0.4) is 0 Å². The highest BCUT2D eigenvalue weighted by atomic mass is 35.5. The molecule has 6 heteroatoms. The Morgan fingerprint density at radius 2 is 1.84 bits per heavy atom. The zero-order chi connectivity index (χ0) is 18.6. The molecule has 25 heavy (non-hydrogen) atoms. The van der Waals surface area contributed by atoms with E-state index in [1.54, 1.807) is 36.4 Å².